The second-order valence-corrected chi connectivity index (χ2v) is 5.42. The lowest BCUT2D eigenvalue weighted by molar-refractivity contribution is -0.139. The first-order chi connectivity index (χ1) is 9.36. The van der Waals surface area contributed by atoms with Gasteiger partial charge >= 0.3 is 11.9 Å². The van der Waals surface area contributed by atoms with Crippen LogP contribution in [0.25, 0.3) is 0 Å². The highest BCUT2D eigenvalue weighted by atomic mass is 32.2. The van der Waals surface area contributed by atoms with Crippen molar-refractivity contribution in [3.8, 4) is 0 Å². The molecule has 0 fully saturated rings. The molecule has 120 valence electrons. The zero-order valence-corrected chi connectivity index (χ0v) is 13.9. The number of nitrogens with two attached hydrogens (primary N) is 2. The fourth-order valence-corrected chi connectivity index (χ4v) is 1.72. The number of aliphatic carboxylic acids is 2. The summed E-state index contributed by atoms with van der Waals surface area (Å²) in [6.45, 7) is 0. The van der Waals surface area contributed by atoms with E-state index in [0.717, 1.165) is 11.5 Å². The average molecular weight is 346 g/mol. The van der Waals surface area contributed by atoms with Gasteiger partial charge in [-0.05, 0) is 36.9 Å². The van der Waals surface area contributed by atoms with Gasteiger partial charge in [-0.1, -0.05) is 0 Å². The van der Waals surface area contributed by atoms with E-state index in [0.29, 0.717) is 12.8 Å². The number of hydrogen-bond acceptors (Lipinski definition) is 8. The van der Waals surface area contributed by atoms with Gasteiger partial charge in [-0.3, -0.25) is 9.59 Å². The van der Waals surface area contributed by atoms with Crippen LogP contribution < -0.4 is 11.5 Å². The van der Waals surface area contributed by atoms with Crippen LogP contribution in [0.1, 0.15) is 12.8 Å². The highest BCUT2D eigenvalue weighted by molar-refractivity contribution is 7.98. The minimum absolute atomic E-state index is 0.552. The first-order valence-electron chi connectivity index (χ1n) is 5.48. The Labute approximate surface area is 132 Å². The molecule has 0 heterocycles. The van der Waals surface area contributed by atoms with Crippen LogP contribution in [0.5, 0.6) is 0 Å². The van der Waals surface area contributed by atoms with Gasteiger partial charge < -0.3 is 21.7 Å². The van der Waals surface area contributed by atoms with Gasteiger partial charge in [0.1, 0.15) is 12.1 Å². The highest BCUT2D eigenvalue weighted by Crippen LogP contribution is 1.98. The lowest BCUT2D eigenvalue weighted by atomic mass is 10.2. The first-order valence-corrected chi connectivity index (χ1v) is 8.60. The van der Waals surface area contributed by atoms with Crippen LogP contribution in [-0.4, -0.2) is 62.5 Å². The number of carbonyl (C=O) groups is 2. The Morgan fingerprint density at radius 2 is 1.20 bits per heavy atom. The van der Waals surface area contributed by atoms with E-state index in [1.165, 1.54) is 0 Å². The number of carboxylic acids is 2. The van der Waals surface area contributed by atoms with Crippen molar-refractivity contribution in [2.24, 2.45) is 11.5 Å². The Kier molecular flexibility index (Phi) is 22.8. The topological polar surface area (TPSA) is 144 Å². The SMILES string of the molecule is CSCC[C@H](N)C(=O)O.CSCC[C@H](N)C(=O)O.O=S. The zero-order valence-electron chi connectivity index (χ0n) is 11.5. The summed E-state index contributed by atoms with van der Waals surface area (Å²) in [4.78, 5) is 20.1. The Morgan fingerprint density at radius 3 is 1.35 bits per heavy atom. The third-order valence-electron chi connectivity index (χ3n) is 1.90. The molecule has 10 heteroatoms. The number of carboxylic acid groups (broad SMARTS) is 2. The van der Waals surface area contributed by atoms with E-state index in [1.54, 1.807) is 23.5 Å². The fourth-order valence-electron chi connectivity index (χ4n) is 0.737. The maximum atomic E-state index is 10.1. The van der Waals surface area contributed by atoms with Crippen LogP contribution in [0, 0.1) is 0 Å². The van der Waals surface area contributed by atoms with Crippen molar-refractivity contribution in [3.63, 3.8) is 0 Å². The minimum atomic E-state index is -0.913. The molecule has 0 spiro atoms. The minimum Gasteiger partial charge on any atom is -0.480 e. The molecule has 0 saturated carbocycles. The summed E-state index contributed by atoms with van der Waals surface area (Å²) in [5.41, 5.74) is 10.4. The van der Waals surface area contributed by atoms with Crippen LogP contribution in [0.2, 0.25) is 0 Å². The maximum absolute atomic E-state index is 10.1. The van der Waals surface area contributed by atoms with Gasteiger partial charge in [0.15, 0.2) is 12.5 Å². The molecule has 0 aliphatic heterocycles. The molecule has 0 aromatic rings. The first kappa shape index (κ1) is 24.6. The second-order valence-electron chi connectivity index (χ2n) is 3.45. The van der Waals surface area contributed by atoms with Crippen LogP contribution >= 0.6 is 23.5 Å². The molecule has 0 aromatic carbocycles. The zero-order chi connectivity index (χ0) is 16.6. The summed E-state index contributed by atoms with van der Waals surface area (Å²) in [5.74, 6) is -0.200. The van der Waals surface area contributed by atoms with Gasteiger partial charge in [-0.15, -0.1) is 0 Å². The van der Waals surface area contributed by atoms with E-state index >= 15 is 0 Å². The summed E-state index contributed by atoms with van der Waals surface area (Å²) < 4.78 is 7.83. The predicted molar refractivity (Wildman–Crippen MR) is 85.4 cm³/mol. The summed E-state index contributed by atoms with van der Waals surface area (Å²) in [6, 6.07) is -1.37. The van der Waals surface area contributed by atoms with E-state index < -0.39 is 24.0 Å². The van der Waals surface area contributed by atoms with Crippen LogP contribution in [-0.2, 0) is 22.1 Å². The molecule has 2 atom stereocenters. The molecule has 0 aliphatic carbocycles. The number of rotatable bonds is 8. The van der Waals surface area contributed by atoms with Gasteiger partial charge in [-0.2, -0.15) is 27.7 Å². The van der Waals surface area contributed by atoms with Gasteiger partial charge in [-0.25, -0.2) is 0 Å². The standard InChI is InChI=1S/2C5H11NO2S.OS/c2*1-9-3-2-4(6)5(7)8;1-2/h2*4H,2-3,6H2,1H3,(H,7,8);/t2*4-;/m00./s1. The molecular formula is C10H22N2O5S3. The highest BCUT2D eigenvalue weighted by Gasteiger charge is 2.09. The molecule has 0 unspecified atom stereocenters. The third-order valence-corrected chi connectivity index (χ3v) is 3.19. The molecule has 7 nitrogen and oxygen atoms in total. The van der Waals surface area contributed by atoms with Gasteiger partial charge in [0, 0.05) is 0 Å². The molecule has 0 saturated heterocycles. The number of hydrogen-bond donors (Lipinski definition) is 4. The van der Waals surface area contributed by atoms with Crippen LogP contribution in [0.4, 0.5) is 0 Å². The van der Waals surface area contributed by atoms with Gasteiger partial charge in [0.25, 0.3) is 0 Å². The van der Waals surface area contributed by atoms with Crippen LogP contribution in [0.15, 0.2) is 0 Å². The lowest BCUT2D eigenvalue weighted by Gasteiger charge is -2.02. The second kappa shape index (κ2) is 18.6. The van der Waals surface area contributed by atoms with E-state index in [-0.39, 0.29) is 0 Å². The fraction of sp³-hybridized carbons (Fsp3) is 0.800. The maximum Gasteiger partial charge on any atom is 0.320 e. The monoisotopic (exact) mass is 346 g/mol. The molecule has 0 aromatic heterocycles. The quantitative estimate of drug-likeness (QED) is 0.472. The molecule has 0 rings (SSSR count). The Hall–Kier alpha value is -0.420. The summed E-state index contributed by atoms with van der Waals surface area (Å²) in [7, 11) is 0. The van der Waals surface area contributed by atoms with Crippen molar-refractivity contribution >= 4 is 48.0 Å². The molecule has 20 heavy (non-hydrogen) atoms. The Balaban J connectivity index is -0.000000257. The van der Waals surface area contributed by atoms with E-state index in [1.807, 2.05) is 12.5 Å². The van der Waals surface area contributed by atoms with E-state index in [4.69, 9.17) is 25.9 Å². The molecule has 0 radical (unpaired) electrons. The van der Waals surface area contributed by atoms with E-state index in [2.05, 4.69) is 12.5 Å². The molecule has 0 bridgehead atoms. The smallest absolute Gasteiger partial charge is 0.320 e. The lowest BCUT2D eigenvalue weighted by Crippen LogP contribution is -2.30. The van der Waals surface area contributed by atoms with Crippen molar-refractivity contribution in [3.05, 3.63) is 0 Å². The molecule has 0 aliphatic rings. The summed E-state index contributed by atoms with van der Waals surface area (Å²) >= 11 is 6.04. The molecule has 6 N–H and O–H groups in total. The average Bonchev–Trinajstić information content (AvgIpc) is 2.44. The van der Waals surface area contributed by atoms with Gasteiger partial charge in [0.05, 0.1) is 0 Å². The van der Waals surface area contributed by atoms with Crippen molar-refractivity contribution in [1.29, 1.82) is 0 Å². The van der Waals surface area contributed by atoms with E-state index in [9.17, 15) is 9.59 Å². The summed E-state index contributed by atoms with van der Waals surface area (Å²) in [5, 5.41) is 16.5. The van der Waals surface area contributed by atoms with Crippen molar-refractivity contribution in [2.75, 3.05) is 24.0 Å². The number of thioether (sulfide) groups is 2. The summed E-state index contributed by atoms with van der Waals surface area (Å²) in [6.07, 6.45) is 4.95. The van der Waals surface area contributed by atoms with Crippen LogP contribution in [0.3, 0.4) is 0 Å². The Bertz CT molecular complexity index is 235. The predicted octanol–water partition coefficient (Wildman–Crippen LogP) is -0.0335. The molecular weight excluding hydrogens is 324 g/mol. The Morgan fingerprint density at radius 1 is 0.950 bits per heavy atom. The largest absolute Gasteiger partial charge is 0.480 e. The molecule has 0 amide bonds. The normalized spacial score (nSPS) is 12.0. The van der Waals surface area contributed by atoms with Crippen molar-refractivity contribution in [2.45, 2.75) is 24.9 Å². The van der Waals surface area contributed by atoms with Gasteiger partial charge in [0.2, 0.25) is 0 Å². The van der Waals surface area contributed by atoms with Crippen molar-refractivity contribution in [1.82, 2.24) is 0 Å². The third kappa shape index (κ3) is 19.9. The van der Waals surface area contributed by atoms with Crippen molar-refractivity contribution < 1.29 is 24.0 Å².